The van der Waals surface area contributed by atoms with Gasteiger partial charge in [-0.1, -0.05) is 44.2 Å². The maximum absolute atomic E-state index is 13.9. The standard InChI is InChI=1S/C25H32FN3O8S/c1-17(2)14-28(38(34,35)20-8-9-21(26)23(13-20)29(32)33)15-24(30)22(12-18-6-4-3-5-7-18)27-25(31)37-19-10-11-36-16-19/h3-9,13,17,19,22,24,30H,10-12,14-16H2,1-2H3,(H,27,31)/t19-,22-,24+/m0/s1. The van der Waals surface area contributed by atoms with Crippen molar-refractivity contribution in [3.63, 3.8) is 0 Å². The second-order valence-corrected chi connectivity index (χ2v) is 11.4. The van der Waals surface area contributed by atoms with Crippen LogP contribution >= 0.6 is 0 Å². The van der Waals surface area contributed by atoms with Crippen molar-refractivity contribution in [2.75, 3.05) is 26.3 Å². The number of alkyl carbamates (subject to hydrolysis) is 1. The summed E-state index contributed by atoms with van der Waals surface area (Å²) in [6.45, 7) is 3.80. The summed E-state index contributed by atoms with van der Waals surface area (Å²) in [7, 11) is -4.38. The molecule has 2 aromatic rings. The Bertz CT molecular complexity index is 1210. The molecule has 1 heterocycles. The fraction of sp³-hybridized carbons (Fsp3) is 0.480. The fourth-order valence-electron chi connectivity index (χ4n) is 4.05. The number of carbonyl (C=O) groups excluding carboxylic acids is 1. The summed E-state index contributed by atoms with van der Waals surface area (Å²) in [4.78, 5) is 22.3. The molecule has 38 heavy (non-hydrogen) atoms. The van der Waals surface area contributed by atoms with Crippen molar-refractivity contribution in [1.82, 2.24) is 9.62 Å². The molecule has 208 valence electrons. The first-order chi connectivity index (χ1) is 18.0. The summed E-state index contributed by atoms with van der Waals surface area (Å²) in [5.74, 6) is -1.34. The van der Waals surface area contributed by atoms with Crippen LogP contribution in [0, 0.1) is 21.8 Å². The molecule has 13 heteroatoms. The number of benzene rings is 2. The van der Waals surface area contributed by atoms with Gasteiger partial charge in [0.1, 0.15) is 6.10 Å². The van der Waals surface area contributed by atoms with Crippen LogP contribution in [0.3, 0.4) is 0 Å². The highest BCUT2D eigenvalue weighted by Gasteiger charge is 2.33. The largest absolute Gasteiger partial charge is 0.444 e. The monoisotopic (exact) mass is 553 g/mol. The zero-order valence-electron chi connectivity index (χ0n) is 21.2. The van der Waals surface area contributed by atoms with Gasteiger partial charge in [0, 0.05) is 25.6 Å². The second-order valence-electron chi connectivity index (χ2n) is 9.49. The number of nitro groups is 1. The van der Waals surface area contributed by atoms with Crippen molar-refractivity contribution in [3.05, 3.63) is 70.0 Å². The van der Waals surface area contributed by atoms with Crippen LogP contribution < -0.4 is 5.32 Å². The van der Waals surface area contributed by atoms with Crippen LogP contribution in [-0.4, -0.2) is 73.4 Å². The van der Waals surface area contributed by atoms with Crippen LogP contribution in [0.25, 0.3) is 0 Å². The molecule has 1 aliphatic heterocycles. The van der Waals surface area contributed by atoms with E-state index >= 15 is 0 Å². The summed E-state index contributed by atoms with van der Waals surface area (Å²) in [6, 6.07) is 10.4. The molecule has 1 saturated heterocycles. The number of hydrogen-bond donors (Lipinski definition) is 2. The van der Waals surface area contributed by atoms with E-state index in [1.807, 2.05) is 6.07 Å². The molecule has 0 saturated carbocycles. The lowest BCUT2D eigenvalue weighted by Crippen LogP contribution is -2.51. The number of sulfonamides is 1. The molecule has 0 radical (unpaired) electrons. The number of ether oxygens (including phenoxy) is 2. The minimum Gasteiger partial charge on any atom is -0.444 e. The van der Waals surface area contributed by atoms with Crippen molar-refractivity contribution in [3.8, 4) is 0 Å². The average Bonchev–Trinajstić information content (AvgIpc) is 3.36. The van der Waals surface area contributed by atoms with E-state index in [1.54, 1.807) is 38.1 Å². The third kappa shape index (κ3) is 7.93. The van der Waals surface area contributed by atoms with Crippen molar-refractivity contribution >= 4 is 21.8 Å². The molecular weight excluding hydrogens is 521 g/mol. The number of nitro benzene ring substituents is 1. The van der Waals surface area contributed by atoms with Gasteiger partial charge in [-0.15, -0.1) is 0 Å². The molecular formula is C25H32FN3O8S. The Labute approximate surface area is 220 Å². The van der Waals surface area contributed by atoms with E-state index in [4.69, 9.17) is 9.47 Å². The van der Waals surface area contributed by atoms with Crippen LogP contribution in [0.15, 0.2) is 53.4 Å². The Hall–Kier alpha value is -3.13. The molecule has 0 bridgehead atoms. The molecule has 1 aliphatic rings. The molecule has 0 unspecified atom stereocenters. The van der Waals surface area contributed by atoms with Gasteiger partial charge in [0.25, 0.3) is 0 Å². The number of carbonyl (C=O) groups is 1. The third-order valence-electron chi connectivity index (χ3n) is 5.94. The summed E-state index contributed by atoms with van der Waals surface area (Å²) >= 11 is 0. The number of hydrogen-bond acceptors (Lipinski definition) is 8. The lowest BCUT2D eigenvalue weighted by Gasteiger charge is -2.30. The summed E-state index contributed by atoms with van der Waals surface area (Å²) in [5.41, 5.74) is -0.188. The van der Waals surface area contributed by atoms with E-state index in [2.05, 4.69) is 5.32 Å². The normalized spacial score (nSPS) is 17.4. The topological polar surface area (TPSA) is 148 Å². The van der Waals surface area contributed by atoms with Gasteiger partial charge < -0.3 is 19.9 Å². The SMILES string of the molecule is CC(C)CN(C[C@@H](O)[C@H](Cc1ccccc1)NC(=O)O[C@H]1CCOC1)S(=O)(=O)c1ccc(F)c([N+](=O)[O-])c1. The van der Waals surface area contributed by atoms with Gasteiger partial charge in [0.15, 0.2) is 0 Å². The van der Waals surface area contributed by atoms with Gasteiger partial charge in [-0.2, -0.15) is 8.70 Å². The molecule has 3 atom stereocenters. The number of aliphatic hydroxyl groups excluding tert-OH is 1. The van der Waals surface area contributed by atoms with Gasteiger partial charge in [0.2, 0.25) is 15.8 Å². The Morgan fingerprint density at radius 3 is 2.58 bits per heavy atom. The molecule has 0 aromatic heterocycles. The van der Waals surface area contributed by atoms with E-state index < -0.39 is 62.2 Å². The summed E-state index contributed by atoms with van der Waals surface area (Å²) in [5, 5.41) is 25.0. The number of nitrogens with one attached hydrogen (secondary N) is 1. The van der Waals surface area contributed by atoms with Crippen LogP contribution in [0.2, 0.25) is 0 Å². The van der Waals surface area contributed by atoms with Gasteiger partial charge >= 0.3 is 11.8 Å². The Morgan fingerprint density at radius 2 is 1.97 bits per heavy atom. The van der Waals surface area contributed by atoms with E-state index in [0.29, 0.717) is 19.1 Å². The highest BCUT2D eigenvalue weighted by Crippen LogP contribution is 2.25. The van der Waals surface area contributed by atoms with Crippen molar-refractivity contribution in [2.45, 2.75) is 49.8 Å². The Balaban J connectivity index is 1.86. The van der Waals surface area contributed by atoms with E-state index in [-0.39, 0.29) is 25.5 Å². The first-order valence-electron chi connectivity index (χ1n) is 12.2. The molecule has 2 N–H and O–H groups in total. The van der Waals surface area contributed by atoms with Crippen LogP contribution in [0.1, 0.15) is 25.8 Å². The Kier molecular flexibility index (Phi) is 10.1. The zero-order valence-corrected chi connectivity index (χ0v) is 22.0. The van der Waals surface area contributed by atoms with E-state index in [9.17, 15) is 32.8 Å². The predicted octanol–water partition coefficient (Wildman–Crippen LogP) is 2.87. The van der Waals surface area contributed by atoms with Crippen LogP contribution in [-0.2, 0) is 25.9 Å². The zero-order chi connectivity index (χ0) is 27.9. The minimum atomic E-state index is -4.38. The van der Waals surface area contributed by atoms with Crippen molar-refractivity contribution in [1.29, 1.82) is 0 Å². The number of rotatable bonds is 12. The maximum atomic E-state index is 13.9. The van der Waals surface area contributed by atoms with E-state index in [1.165, 1.54) is 0 Å². The first kappa shape index (κ1) is 29.4. The number of aliphatic hydroxyl groups is 1. The number of amides is 1. The third-order valence-corrected chi connectivity index (χ3v) is 7.77. The second kappa shape index (κ2) is 13.1. The molecule has 0 aliphatic carbocycles. The number of halogens is 1. The lowest BCUT2D eigenvalue weighted by atomic mass is 10.0. The number of nitrogens with zero attached hydrogens (tertiary/aromatic N) is 2. The minimum absolute atomic E-state index is 0.0352. The maximum Gasteiger partial charge on any atom is 0.407 e. The van der Waals surface area contributed by atoms with E-state index in [0.717, 1.165) is 22.0 Å². The van der Waals surface area contributed by atoms with Crippen molar-refractivity contribution in [2.24, 2.45) is 5.92 Å². The average molecular weight is 554 g/mol. The molecule has 1 fully saturated rings. The van der Waals surface area contributed by atoms with Gasteiger partial charge in [-0.25, -0.2) is 13.2 Å². The molecule has 2 aromatic carbocycles. The van der Waals surface area contributed by atoms with Crippen molar-refractivity contribution < 1.29 is 37.1 Å². The summed E-state index contributed by atoms with van der Waals surface area (Å²) in [6.07, 6.45) is -1.85. The molecule has 3 rings (SSSR count). The molecule has 1 amide bonds. The quantitative estimate of drug-likeness (QED) is 0.301. The van der Waals surface area contributed by atoms with Crippen LogP contribution in [0.5, 0.6) is 0 Å². The predicted molar refractivity (Wildman–Crippen MR) is 135 cm³/mol. The highest BCUT2D eigenvalue weighted by atomic mass is 32.2. The first-order valence-corrected chi connectivity index (χ1v) is 13.6. The fourth-order valence-corrected chi connectivity index (χ4v) is 5.69. The molecule has 11 nitrogen and oxygen atoms in total. The van der Waals surface area contributed by atoms with Gasteiger partial charge in [-0.3, -0.25) is 10.1 Å². The van der Waals surface area contributed by atoms with Gasteiger partial charge in [0.05, 0.1) is 35.2 Å². The highest BCUT2D eigenvalue weighted by molar-refractivity contribution is 7.89. The van der Waals surface area contributed by atoms with Crippen LogP contribution in [0.4, 0.5) is 14.9 Å². The molecule has 0 spiro atoms. The summed E-state index contributed by atoms with van der Waals surface area (Å²) < 4.78 is 52.4. The smallest absolute Gasteiger partial charge is 0.407 e. The Morgan fingerprint density at radius 1 is 1.26 bits per heavy atom. The van der Waals surface area contributed by atoms with Gasteiger partial charge in [-0.05, 0) is 30.0 Å². The lowest BCUT2D eigenvalue weighted by molar-refractivity contribution is -0.387.